The summed E-state index contributed by atoms with van der Waals surface area (Å²) in [5, 5.41) is 3.56. The van der Waals surface area contributed by atoms with Crippen LogP contribution in [-0.4, -0.2) is 57.0 Å². The van der Waals surface area contributed by atoms with Crippen LogP contribution in [0.2, 0.25) is 0 Å². The predicted octanol–water partition coefficient (Wildman–Crippen LogP) is 1.28. The topological polar surface area (TPSA) is 49.4 Å². The molecule has 1 N–H and O–H groups in total. The van der Waals surface area contributed by atoms with E-state index < -0.39 is 9.84 Å². The lowest BCUT2D eigenvalue weighted by molar-refractivity contribution is 0.197. The van der Waals surface area contributed by atoms with Crippen molar-refractivity contribution < 1.29 is 8.42 Å². The van der Waals surface area contributed by atoms with E-state index in [9.17, 15) is 8.42 Å². The molecule has 2 rings (SSSR count). The van der Waals surface area contributed by atoms with Gasteiger partial charge in [0.1, 0.15) is 9.84 Å². The highest BCUT2D eigenvalue weighted by molar-refractivity contribution is 7.91. The van der Waals surface area contributed by atoms with Gasteiger partial charge in [-0.3, -0.25) is 0 Å². The fraction of sp³-hybridized carbons (Fsp3) is 1.00. The summed E-state index contributed by atoms with van der Waals surface area (Å²) in [7, 11) is -2.73. The van der Waals surface area contributed by atoms with Crippen molar-refractivity contribution in [2.75, 3.05) is 37.7 Å². The van der Waals surface area contributed by atoms with Crippen LogP contribution in [0.4, 0.5) is 0 Å². The van der Waals surface area contributed by atoms with Crippen LogP contribution in [0, 0.1) is 5.92 Å². The normalized spacial score (nSPS) is 27.2. The summed E-state index contributed by atoms with van der Waals surface area (Å²) in [5.41, 5.74) is 0. The Labute approximate surface area is 117 Å². The van der Waals surface area contributed by atoms with Gasteiger partial charge in [-0.2, -0.15) is 0 Å². The van der Waals surface area contributed by atoms with E-state index in [1.54, 1.807) is 0 Å². The summed E-state index contributed by atoms with van der Waals surface area (Å²) in [6.45, 7) is 7.00. The van der Waals surface area contributed by atoms with Crippen molar-refractivity contribution in [3.63, 3.8) is 0 Å². The molecule has 5 heteroatoms. The standard InChI is InChI=1S/C14H28N2O2S/c1-13(12-16-7-3-2-4-8-16)11-15-14-5-9-19(17,18)10-6-14/h13-15H,2-12H2,1H3. The van der Waals surface area contributed by atoms with Crippen molar-refractivity contribution in [2.24, 2.45) is 5.92 Å². The maximum atomic E-state index is 11.4. The minimum atomic E-state index is -2.73. The van der Waals surface area contributed by atoms with Gasteiger partial charge in [-0.05, 0) is 51.2 Å². The Balaban J connectivity index is 1.62. The molecule has 1 unspecified atom stereocenters. The Bertz CT molecular complexity index is 350. The molecule has 0 aromatic heterocycles. The van der Waals surface area contributed by atoms with Crippen molar-refractivity contribution in [3.8, 4) is 0 Å². The molecular weight excluding hydrogens is 260 g/mol. The first-order valence-electron chi connectivity index (χ1n) is 7.71. The predicted molar refractivity (Wildman–Crippen MR) is 79.1 cm³/mol. The number of likely N-dealkylation sites (tertiary alicyclic amines) is 1. The van der Waals surface area contributed by atoms with Gasteiger partial charge in [0.05, 0.1) is 11.5 Å². The first-order chi connectivity index (χ1) is 9.05. The molecule has 0 amide bonds. The van der Waals surface area contributed by atoms with Crippen LogP contribution < -0.4 is 5.32 Å². The average molecular weight is 288 g/mol. The van der Waals surface area contributed by atoms with Gasteiger partial charge < -0.3 is 10.2 Å². The second-order valence-electron chi connectivity index (χ2n) is 6.30. The highest BCUT2D eigenvalue weighted by Gasteiger charge is 2.23. The summed E-state index contributed by atoms with van der Waals surface area (Å²) >= 11 is 0. The smallest absolute Gasteiger partial charge is 0.150 e. The van der Waals surface area contributed by atoms with Gasteiger partial charge >= 0.3 is 0 Å². The molecule has 2 fully saturated rings. The second-order valence-corrected chi connectivity index (χ2v) is 8.60. The zero-order valence-corrected chi connectivity index (χ0v) is 12.9. The van der Waals surface area contributed by atoms with E-state index in [2.05, 4.69) is 17.1 Å². The third kappa shape index (κ3) is 5.40. The minimum Gasteiger partial charge on any atom is -0.314 e. The van der Waals surface area contributed by atoms with E-state index in [0.717, 1.165) is 19.4 Å². The maximum absolute atomic E-state index is 11.4. The first kappa shape index (κ1) is 15.3. The van der Waals surface area contributed by atoms with E-state index in [-0.39, 0.29) is 0 Å². The highest BCUT2D eigenvalue weighted by atomic mass is 32.2. The van der Waals surface area contributed by atoms with Gasteiger partial charge in [0, 0.05) is 12.6 Å². The number of hydrogen-bond acceptors (Lipinski definition) is 4. The first-order valence-corrected chi connectivity index (χ1v) is 9.53. The monoisotopic (exact) mass is 288 g/mol. The molecule has 0 aromatic rings. The van der Waals surface area contributed by atoms with Gasteiger partial charge in [0.25, 0.3) is 0 Å². The SMILES string of the molecule is CC(CNC1CCS(=O)(=O)CC1)CN1CCCCC1. The molecule has 4 nitrogen and oxygen atoms in total. The van der Waals surface area contributed by atoms with Gasteiger partial charge in [0.2, 0.25) is 0 Å². The molecule has 0 aromatic carbocycles. The molecule has 2 heterocycles. The lowest BCUT2D eigenvalue weighted by atomic mass is 10.1. The second kappa shape index (κ2) is 7.04. The van der Waals surface area contributed by atoms with Crippen LogP contribution in [-0.2, 0) is 9.84 Å². The quantitative estimate of drug-likeness (QED) is 0.828. The van der Waals surface area contributed by atoms with E-state index in [0.29, 0.717) is 23.5 Å². The molecule has 0 aliphatic carbocycles. The molecule has 2 aliphatic heterocycles. The van der Waals surface area contributed by atoms with Crippen LogP contribution >= 0.6 is 0 Å². The molecule has 1 atom stereocenters. The largest absolute Gasteiger partial charge is 0.314 e. The Morgan fingerprint density at radius 3 is 2.42 bits per heavy atom. The van der Waals surface area contributed by atoms with Crippen molar-refractivity contribution in [2.45, 2.75) is 45.1 Å². The van der Waals surface area contributed by atoms with Crippen LogP contribution in [0.1, 0.15) is 39.0 Å². The molecule has 0 spiro atoms. The Morgan fingerprint density at radius 2 is 1.79 bits per heavy atom. The molecule has 112 valence electrons. The van der Waals surface area contributed by atoms with Crippen LogP contribution in [0.5, 0.6) is 0 Å². The van der Waals surface area contributed by atoms with Crippen LogP contribution in [0.15, 0.2) is 0 Å². The minimum absolute atomic E-state index is 0.366. The molecular formula is C14H28N2O2S. The van der Waals surface area contributed by atoms with Gasteiger partial charge in [0.15, 0.2) is 0 Å². The Hall–Kier alpha value is -0.130. The summed E-state index contributed by atoms with van der Waals surface area (Å²) in [4.78, 5) is 2.57. The van der Waals surface area contributed by atoms with Crippen molar-refractivity contribution in [3.05, 3.63) is 0 Å². The molecule has 2 aliphatic rings. The van der Waals surface area contributed by atoms with Crippen molar-refractivity contribution in [1.29, 1.82) is 0 Å². The van der Waals surface area contributed by atoms with Gasteiger partial charge in [-0.25, -0.2) is 8.42 Å². The zero-order chi connectivity index (χ0) is 13.7. The Morgan fingerprint density at radius 1 is 1.16 bits per heavy atom. The summed E-state index contributed by atoms with van der Waals surface area (Å²) in [6, 6.07) is 0.410. The number of piperidine rings is 1. The van der Waals surface area contributed by atoms with Gasteiger partial charge in [-0.1, -0.05) is 13.3 Å². The van der Waals surface area contributed by atoms with Crippen LogP contribution in [0.3, 0.4) is 0 Å². The van der Waals surface area contributed by atoms with Crippen LogP contribution in [0.25, 0.3) is 0 Å². The third-order valence-corrected chi connectivity index (χ3v) is 6.04. The number of nitrogens with one attached hydrogen (secondary N) is 1. The Kier molecular flexibility index (Phi) is 5.66. The molecule has 2 saturated heterocycles. The summed E-state index contributed by atoms with van der Waals surface area (Å²) in [6.07, 6.45) is 5.67. The number of rotatable bonds is 5. The van der Waals surface area contributed by atoms with E-state index in [1.807, 2.05) is 0 Å². The van der Waals surface area contributed by atoms with E-state index >= 15 is 0 Å². The molecule has 0 radical (unpaired) electrons. The fourth-order valence-electron chi connectivity index (χ4n) is 3.11. The van der Waals surface area contributed by atoms with Crippen molar-refractivity contribution >= 4 is 9.84 Å². The summed E-state index contributed by atoms with van der Waals surface area (Å²) < 4.78 is 22.7. The maximum Gasteiger partial charge on any atom is 0.150 e. The van der Waals surface area contributed by atoms with E-state index in [4.69, 9.17) is 0 Å². The average Bonchev–Trinajstić information content (AvgIpc) is 2.39. The highest BCUT2D eigenvalue weighted by Crippen LogP contribution is 2.14. The van der Waals surface area contributed by atoms with Gasteiger partial charge in [-0.15, -0.1) is 0 Å². The summed E-state index contributed by atoms with van der Waals surface area (Å²) in [5.74, 6) is 1.38. The number of sulfone groups is 1. The third-order valence-electron chi connectivity index (χ3n) is 4.33. The molecule has 0 saturated carbocycles. The lowest BCUT2D eigenvalue weighted by Gasteiger charge is -2.30. The molecule has 0 bridgehead atoms. The zero-order valence-electron chi connectivity index (χ0n) is 12.1. The lowest BCUT2D eigenvalue weighted by Crippen LogP contribution is -2.42. The number of hydrogen-bond donors (Lipinski definition) is 1. The van der Waals surface area contributed by atoms with E-state index in [1.165, 1.54) is 38.9 Å². The van der Waals surface area contributed by atoms with Crippen molar-refractivity contribution in [1.82, 2.24) is 10.2 Å². The fourth-order valence-corrected chi connectivity index (χ4v) is 4.60. The molecule has 19 heavy (non-hydrogen) atoms. The number of nitrogens with zero attached hydrogens (tertiary/aromatic N) is 1.